The molecule has 0 spiro atoms. The van der Waals surface area contributed by atoms with Crippen LogP contribution in [0.25, 0.3) is 22.6 Å². The van der Waals surface area contributed by atoms with Gasteiger partial charge in [-0.15, -0.1) is 0 Å². The van der Waals surface area contributed by atoms with Gasteiger partial charge in [-0.25, -0.2) is 9.97 Å². The Morgan fingerprint density at radius 2 is 1.93 bits per heavy atom. The van der Waals surface area contributed by atoms with Gasteiger partial charge < -0.3 is 15.1 Å². The second kappa shape index (κ2) is 12.8. The third-order valence-electron chi connectivity index (χ3n) is 7.49. The van der Waals surface area contributed by atoms with Crippen molar-refractivity contribution in [1.82, 2.24) is 29.8 Å². The number of allylic oxidation sites excluding steroid dienone is 1. The van der Waals surface area contributed by atoms with Crippen LogP contribution in [0.2, 0.25) is 5.02 Å². The molecule has 2 aliphatic rings. The van der Waals surface area contributed by atoms with Gasteiger partial charge in [-0.05, 0) is 89.4 Å². The SMILES string of the molecule is CC=CC(=O)N1CCCCC(NC(=O)c2cc(C)nc(-c3nc4cccc(Cl)c4n3OCCN3CCCC3)c2)C1. The number of imidazole rings is 1. The second-order valence-corrected chi connectivity index (χ2v) is 11.0. The van der Waals surface area contributed by atoms with Crippen LogP contribution in [-0.2, 0) is 4.79 Å². The van der Waals surface area contributed by atoms with Gasteiger partial charge in [0.2, 0.25) is 5.91 Å². The van der Waals surface area contributed by atoms with Gasteiger partial charge in [-0.2, -0.15) is 4.73 Å². The molecule has 2 fully saturated rings. The van der Waals surface area contributed by atoms with E-state index in [-0.39, 0.29) is 17.9 Å². The van der Waals surface area contributed by atoms with Gasteiger partial charge in [-0.1, -0.05) is 23.7 Å². The third kappa shape index (κ3) is 6.47. The van der Waals surface area contributed by atoms with Gasteiger partial charge in [0.25, 0.3) is 5.91 Å². The minimum atomic E-state index is -0.201. The monoisotopic (exact) mass is 564 g/mol. The lowest BCUT2D eigenvalue weighted by molar-refractivity contribution is -0.126. The fourth-order valence-corrected chi connectivity index (χ4v) is 5.75. The topological polar surface area (TPSA) is 92.6 Å². The summed E-state index contributed by atoms with van der Waals surface area (Å²) in [4.78, 5) is 45.9. The lowest BCUT2D eigenvalue weighted by atomic mass is 10.1. The molecule has 1 aromatic carbocycles. The molecule has 40 heavy (non-hydrogen) atoms. The summed E-state index contributed by atoms with van der Waals surface area (Å²) in [5, 5.41) is 3.69. The molecule has 2 aromatic heterocycles. The van der Waals surface area contributed by atoms with Crippen LogP contribution in [0.5, 0.6) is 0 Å². The molecule has 1 N–H and O–H groups in total. The molecule has 212 valence electrons. The molecule has 3 aromatic rings. The molecular formula is C30H37ClN6O3. The first kappa shape index (κ1) is 28.1. The molecule has 1 atom stereocenters. The Bertz CT molecular complexity index is 1400. The van der Waals surface area contributed by atoms with Crippen LogP contribution >= 0.6 is 11.6 Å². The summed E-state index contributed by atoms with van der Waals surface area (Å²) in [7, 11) is 0. The number of fused-ring (bicyclic) bond motifs is 1. The number of hydrogen-bond donors (Lipinski definition) is 1. The number of nitrogens with zero attached hydrogens (tertiary/aromatic N) is 5. The number of nitrogens with one attached hydrogen (secondary N) is 1. The molecule has 0 bridgehead atoms. The Morgan fingerprint density at radius 1 is 1.12 bits per heavy atom. The Hall–Kier alpha value is -3.43. The van der Waals surface area contributed by atoms with Gasteiger partial charge in [0.15, 0.2) is 5.82 Å². The van der Waals surface area contributed by atoms with Gasteiger partial charge in [0, 0.05) is 36.9 Å². The number of para-hydroxylation sites is 1. The second-order valence-electron chi connectivity index (χ2n) is 10.6. The maximum Gasteiger partial charge on any atom is 0.251 e. The molecule has 5 rings (SSSR count). The maximum absolute atomic E-state index is 13.5. The van der Waals surface area contributed by atoms with Crippen molar-refractivity contribution in [3.8, 4) is 11.5 Å². The van der Waals surface area contributed by atoms with Crippen molar-refractivity contribution in [2.75, 3.05) is 39.3 Å². The normalized spacial score (nSPS) is 18.4. The van der Waals surface area contributed by atoms with E-state index < -0.39 is 0 Å². The molecule has 2 aliphatic heterocycles. The van der Waals surface area contributed by atoms with Crippen molar-refractivity contribution in [2.24, 2.45) is 0 Å². The molecule has 2 saturated heterocycles. The van der Waals surface area contributed by atoms with E-state index in [1.54, 1.807) is 29.0 Å². The van der Waals surface area contributed by atoms with E-state index in [1.807, 2.05) is 36.9 Å². The van der Waals surface area contributed by atoms with Crippen LogP contribution in [0.4, 0.5) is 0 Å². The van der Waals surface area contributed by atoms with Gasteiger partial charge in [0.1, 0.15) is 17.8 Å². The van der Waals surface area contributed by atoms with Crippen molar-refractivity contribution in [3.05, 3.63) is 58.8 Å². The number of aromatic nitrogens is 3. The number of rotatable bonds is 8. The average molecular weight is 565 g/mol. The molecule has 9 nitrogen and oxygen atoms in total. The predicted octanol–water partition coefficient (Wildman–Crippen LogP) is 4.27. The highest BCUT2D eigenvalue weighted by molar-refractivity contribution is 6.35. The molecule has 4 heterocycles. The number of halogens is 1. The van der Waals surface area contributed by atoms with Crippen molar-refractivity contribution < 1.29 is 14.4 Å². The highest BCUT2D eigenvalue weighted by Crippen LogP contribution is 2.29. The smallest absolute Gasteiger partial charge is 0.251 e. The lowest BCUT2D eigenvalue weighted by Crippen LogP contribution is -2.44. The summed E-state index contributed by atoms with van der Waals surface area (Å²) in [5.74, 6) is 0.278. The van der Waals surface area contributed by atoms with Gasteiger partial charge in [0.05, 0.1) is 10.5 Å². The summed E-state index contributed by atoms with van der Waals surface area (Å²) in [6, 6.07) is 8.95. The summed E-state index contributed by atoms with van der Waals surface area (Å²) >= 11 is 6.59. The predicted molar refractivity (Wildman–Crippen MR) is 156 cm³/mol. The zero-order valence-electron chi connectivity index (χ0n) is 23.2. The van der Waals surface area contributed by atoms with E-state index in [9.17, 15) is 9.59 Å². The number of aryl methyl sites for hydroxylation is 1. The lowest BCUT2D eigenvalue weighted by Gasteiger charge is -2.24. The molecule has 10 heteroatoms. The average Bonchev–Trinajstić information content (AvgIpc) is 3.52. The van der Waals surface area contributed by atoms with Crippen molar-refractivity contribution in [1.29, 1.82) is 0 Å². The molecule has 0 radical (unpaired) electrons. The number of amides is 2. The molecule has 0 saturated carbocycles. The molecule has 2 amide bonds. The molecule has 1 unspecified atom stereocenters. The van der Waals surface area contributed by atoms with Crippen LogP contribution < -0.4 is 10.2 Å². The number of likely N-dealkylation sites (tertiary alicyclic amines) is 2. The van der Waals surface area contributed by atoms with E-state index in [0.717, 1.165) is 38.9 Å². The quantitative estimate of drug-likeness (QED) is 0.411. The standard InChI is InChI=1S/C30H37ClN6O3/c1-3-9-27(38)36-15-5-4-10-23(20-36)33-30(39)22-18-21(2)32-26(19-22)29-34-25-12-8-11-24(31)28(25)37(29)40-17-16-35-13-6-7-14-35/h3,8-9,11-12,18-19,23H,4-7,10,13-17,20H2,1-2H3,(H,33,39). The highest BCUT2D eigenvalue weighted by atomic mass is 35.5. The number of benzene rings is 1. The van der Waals surface area contributed by atoms with Crippen LogP contribution in [0.15, 0.2) is 42.5 Å². The van der Waals surface area contributed by atoms with Crippen molar-refractivity contribution in [3.63, 3.8) is 0 Å². The Kier molecular flexibility index (Phi) is 9.01. The van der Waals surface area contributed by atoms with E-state index in [2.05, 4.69) is 10.2 Å². The van der Waals surface area contributed by atoms with Crippen LogP contribution in [0.1, 0.15) is 55.1 Å². The van der Waals surface area contributed by atoms with Gasteiger partial charge in [-0.3, -0.25) is 14.5 Å². The number of carbonyl (C=O) groups excluding carboxylic acids is 2. The van der Waals surface area contributed by atoms with Crippen molar-refractivity contribution in [2.45, 2.75) is 52.0 Å². The van der Waals surface area contributed by atoms with Gasteiger partial charge >= 0.3 is 0 Å². The largest absolute Gasteiger partial charge is 0.410 e. The van der Waals surface area contributed by atoms with E-state index >= 15 is 0 Å². The third-order valence-corrected chi connectivity index (χ3v) is 7.79. The van der Waals surface area contributed by atoms with E-state index in [0.29, 0.717) is 58.5 Å². The minimum absolute atomic E-state index is 0.0204. The fraction of sp³-hybridized carbons (Fsp3) is 0.467. The zero-order valence-corrected chi connectivity index (χ0v) is 24.0. The maximum atomic E-state index is 13.5. The number of carbonyl (C=O) groups is 2. The highest BCUT2D eigenvalue weighted by Gasteiger charge is 2.24. The Labute approximate surface area is 240 Å². The fourth-order valence-electron chi connectivity index (χ4n) is 5.51. The first-order valence-electron chi connectivity index (χ1n) is 14.2. The zero-order chi connectivity index (χ0) is 28.1. The Morgan fingerprint density at radius 3 is 2.73 bits per heavy atom. The molecular weight excluding hydrogens is 528 g/mol. The summed E-state index contributed by atoms with van der Waals surface area (Å²) < 4.78 is 1.66. The summed E-state index contributed by atoms with van der Waals surface area (Å²) in [6.07, 6.45) is 8.45. The Balaban J connectivity index is 1.40. The first-order valence-corrected chi connectivity index (χ1v) is 14.5. The van der Waals surface area contributed by atoms with Crippen LogP contribution in [-0.4, -0.2) is 81.7 Å². The minimum Gasteiger partial charge on any atom is -0.410 e. The van der Waals surface area contributed by atoms with Crippen LogP contribution in [0, 0.1) is 6.92 Å². The van der Waals surface area contributed by atoms with E-state index in [4.69, 9.17) is 26.4 Å². The first-order chi connectivity index (χ1) is 19.4. The molecule has 0 aliphatic carbocycles. The summed E-state index contributed by atoms with van der Waals surface area (Å²) in [5.41, 5.74) is 3.08. The van der Waals surface area contributed by atoms with Crippen molar-refractivity contribution >= 4 is 34.4 Å². The summed E-state index contributed by atoms with van der Waals surface area (Å²) in [6.45, 7) is 8.34. The van der Waals surface area contributed by atoms with E-state index in [1.165, 1.54) is 12.8 Å². The number of pyridine rings is 1. The van der Waals surface area contributed by atoms with Crippen LogP contribution in [0.3, 0.4) is 0 Å². The number of hydrogen-bond acceptors (Lipinski definition) is 6.